The maximum absolute atomic E-state index is 12.2. The fourth-order valence-electron chi connectivity index (χ4n) is 2.48. The van der Waals surface area contributed by atoms with Crippen molar-refractivity contribution in [3.63, 3.8) is 0 Å². The molecule has 0 spiro atoms. The van der Waals surface area contributed by atoms with Crippen LogP contribution in [0.1, 0.15) is 39.9 Å². The molecule has 0 aliphatic heterocycles. The van der Waals surface area contributed by atoms with E-state index >= 15 is 0 Å². The molecule has 2 heterocycles. The smallest absolute Gasteiger partial charge is 0.322 e. The quantitative estimate of drug-likeness (QED) is 0.876. The summed E-state index contributed by atoms with van der Waals surface area (Å²) in [6.45, 7) is 11.2. The third-order valence-corrected chi connectivity index (χ3v) is 3.69. The van der Waals surface area contributed by atoms with Crippen LogP contribution in [-0.2, 0) is 27.1 Å². The second kappa shape index (κ2) is 10.3. The van der Waals surface area contributed by atoms with Crippen molar-refractivity contribution in [1.82, 2.24) is 24.0 Å². The van der Waals surface area contributed by atoms with Gasteiger partial charge < -0.3 is 9.88 Å². The number of halogens is 1. The molecule has 0 bridgehead atoms. The molecule has 0 saturated carbocycles. The van der Waals surface area contributed by atoms with Crippen molar-refractivity contribution in [3.8, 4) is 0 Å². The molecule has 0 aliphatic carbocycles. The molecule has 1 N–H and O–H groups in total. The summed E-state index contributed by atoms with van der Waals surface area (Å²) in [5, 5.41) is 3.11. The van der Waals surface area contributed by atoms with Crippen LogP contribution in [0.4, 0.5) is 0 Å². The minimum atomic E-state index is -0.337. The first-order valence-electron chi connectivity index (χ1n) is 8.30. The third kappa shape index (κ3) is 4.48. The molecule has 0 aliphatic rings. The molecule has 7 nitrogen and oxygen atoms in total. The van der Waals surface area contributed by atoms with Gasteiger partial charge in [-0.1, -0.05) is 27.7 Å². The molecular formula is C16H30ClN5O2. The van der Waals surface area contributed by atoms with Crippen molar-refractivity contribution >= 4 is 23.6 Å². The van der Waals surface area contributed by atoms with Gasteiger partial charge in [-0.2, -0.15) is 0 Å². The van der Waals surface area contributed by atoms with Gasteiger partial charge in [0.1, 0.15) is 5.82 Å². The average Bonchev–Trinajstić information content (AvgIpc) is 2.91. The molecule has 0 atom stereocenters. The minimum absolute atomic E-state index is 0. The number of fused-ring (bicyclic) bond motifs is 1. The van der Waals surface area contributed by atoms with Crippen LogP contribution >= 0.6 is 12.4 Å². The summed E-state index contributed by atoms with van der Waals surface area (Å²) in [6.07, 6.45) is 1.66. The molecule has 24 heavy (non-hydrogen) atoms. The number of nitrogens with zero attached hydrogens (tertiary/aromatic N) is 4. The lowest BCUT2D eigenvalue weighted by molar-refractivity contribution is 0.651. The molecule has 2 aromatic rings. The zero-order chi connectivity index (χ0) is 17.6. The van der Waals surface area contributed by atoms with Crippen LogP contribution in [0.3, 0.4) is 0 Å². The predicted molar refractivity (Wildman–Crippen MR) is 101 cm³/mol. The van der Waals surface area contributed by atoms with E-state index in [1.165, 1.54) is 11.6 Å². The van der Waals surface area contributed by atoms with Gasteiger partial charge in [-0.25, -0.2) is 9.78 Å². The normalized spacial score (nSPS) is 10.2. The minimum Gasteiger partial charge on any atom is -0.322 e. The van der Waals surface area contributed by atoms with E-state index in [0.29, 0.717) is 11.2 Å². The van der Waals surface area contributed by atoms with E-state index in [1.54, 1.807) is 7.05 Å². The largest absolute Gasteiger partial charge is 0.332 e. The summed E-state index contributed by atoms with van der Waals surface area (Å²) in [6, 6.07) is 0. The molecule has 2 rings (SSSR count). The Kier molecular flexibility index (Phi) is 9.62. The number of nitrogens with one attached hydrogen (secondary N) is 1. The SMILES string of the molecule is CCCn1c(CC)nc2c1c(=O)n(C)c(=O)n2C.CCNCC.Cl. The Morgan fingerprint density at radius 3 is 2.00 bits per heavy atom. The summed E-state index contributed by atoms with van der Waals surface area (Å²) in [7, 11) is 3.14. The van der Waals surface area contributed by atoms with Crippen molar-refractivity contribution in [2.45, 2.75) is 47.1 Å². The predicted octanol–water partition coefficient (Wildman–Crippen LogP) is 1.44. The first kappa shape index (κ1) is 22.4. The Morgan fingerprint density at radius 2 is 1.58 bits per heavy atom. The maximum atomic E-state index is 12.2. The Morgan fingerprint density at radius 1 is 1.00 bits per heavy atom. The van der Waals surface area contributed by atoms with E-state index in [0.717, 1.165) is 42.9 Å². The van der Waals surface area contributed by atoms with Gasteiger partial charge in [-0.15, -0.1) is 12.4 Å². The molecule has 0 amide bonds. The standard InChI is InChI=1S/C12H18N4O2.C4H11N.ClH/c1-5-7-16-8(6-2)13-10-9(16)11(17)15(4)12(18)14(10)3;1-3-5-4-2;/h5-7H2,1-4H3;5H,3-4H2,1-2H3;1H. The number of hydrogen-bond acceptors (Lipinski definition) is 4. The lowest BCUT2D eigenvalue weighted by atomic mass is 10.4. The topological polar surface area (TPSA) is 73.8 Å². The summed E-state index contributed by atoms with van der Waals surface area (Å²) in [5.74, 6) is 0.852. The Labute approximate surface area is 149 Å². The van der Waals surface area contributed by atoms with Crippen LogP contribution in [0.5, 0.6) is 0 Å². The number of aromatic nitrogens is 4. The second-order valence-electron chi connectivity index (χ2n) is 5.37. The van der Waals surface area contributed by atoms with Crippen LogP contribution in [0.15, 0.2) is 9.59 Å². The van der Waals surface area contributed by atoms with Gasteiger partial charge in [0.15, 0.2) is 11.2 Å². The summed E-state index contributed by atoms with van der Waals surface area (Å²) in [5.41, 5.74) is 0.400. The highest BCUT2D eigenvalue weighted by Gasteiger charge is 2.17. The molecule has 0 unspecified atom stereocenters. The highest BCUT2D eigenvalue weighted by molar-refractivity contribution is 5.85. The highest BCUT2D eigenvalue weighted by atomic mass is 35.5. The lowest BCUT2D eigenvalue weighted by Gasteiger charge is -2.06. The van der Waals surface area contributed by atoms with Crippen molar-refractivity contribution in [1.29, 1.82) is 0 Å². The van der Waals surface area contributed by atoms with Crippen LogP contribution in [-0.4, -0.2) is 31.8 Å². The molecule has 0 fully saturated rings. The van der Waals surface area contributed by atoms with Crippen LogP contribution < -0.4 is 16.6 Å². The van der Waals surface area contributed by atoms with Gasteiger partial charge in [-0.3, -0.25) is 13.9 Å². The monoisotopic (exact) mass is 359 g/mol. The van der Waals surface area contributed by atoms with E-state index < -0.39 is 0 Å². The molecule has 0 saturated heterocycles. The summed E-state index contributed by atoms with van der Waals surface area (Å²) < 4.78 is 4.49. The molecule has 0 radical (unpaired) electrons. The van der Waals surface area contributed by atoms with Crippen LogP contribution in [0.2, 0.25) is 0 Å². The Balaban J connectivity index is 0.000000777. The third-order valence-electron chi connectivity index (χ3n) is 3.69. The van der Waals surface area contributed by atoms with E-state index in [-0.39, 0.29) is 23.7 Å². The second-order valence-corrected chi connectivity index (χ2v) is 5.37. The number of imidazole rings is 1. The van der Waals surface area contributed by atoms with Crippen LogP contribution in [0.25, 0.3) is 11.2 Å². The van der Waals surface area contributed by atoms with E-state index in [2.05, 4.69) is 31.1 Å². The Hall–Kier alpha value is -1.60. The lowest BCUT2D eigenvalue weighted by Crippen LogP contribution is -2.37. The summed E-state index contributed by atoms with van der Waals surface area (Å²) >= 11 is 0. The highest BCUT2D eigenvalue weighted by Crippen LogP contribution is 2.12. The van der Waals surface area contributed by atoms with Gasteiger partial charge in [0.05, 0.1) is 0 Å². The van der Waals surface area contributed by atoms with Crippen molar-refractivity contribution < 1.29 is 0 Å². The first-order chi connectivity index (χ1) is 10.9. The average molecular weight is 360 g/mol. The van der Waals surface area contributed by atoms with Gasteiger partial charge in [0.2, 0.25) is 0 Å². The zero-order valence-corrected chi connectivity index (χ0v) is 16.4. The first-order valence-corrected chi connectivity index (χ1v) is 8.30. The zero-order valence-electron chi connectivity index (χ0n) is 15.5. The van der Waals surface area contributed by atoms with Gasteiger partial charge in [0.25, 0.3) is 5.56 Å². The molecular weight excluding hydrogens is 330 g/mol. The van der Waals surface area contributed by atoms with Crippen molar-refractivity contribution in [3.05, 3.63) is 26.7 Å². The van der Waals surface area contributed by atoms with Crippen molar-refractivity contribution in [2.75, 3.05) is 13.1 Å². The van der Waals surface area contributed by atoms with Crippen LogP contribution in [0, 0.1) is 0 Å². The van der Waals surface area contributed by atoms with Crippen molar-refractivity contribution in [2.24, 2.45) is 14.1 Å². The van der Waals surface area contributed by atoms with Gasteiger partial charge in [-0.05, 0) is 19.5 Å². The van der Waals surface area contributed by atoms with E-state index in [9.17, 15) is 9.59 Å². The molecule has 0 aromatic carbocycles. The van der Waals surface area contributed by atoms with Gasteiger partial charge >= 0.3 is 5.69 Å². The molecule has 8 heteroatoms. The maximum Gasteiger partial charge on any atom is 0.332 e. The van der Waals surface area contributed by atoms with Gasteiger partial charge in [0, 0.05) is 27.1 Å². The van der Waals surface area contributed by atoms with E-state index in [4.69, 9.17) is 0 Å². The molecule has 2 aromatic heterocycles. The number of rotatable bonds is 5. The molecule has 138 valence electrons. The number of hydrogen-bond donors (Lipinski definition) is 1. The summed E-state index contributed by atoms with van der Waals surface area (Å²) in [4.78, 5) is 28.5. The number of aryl methyl sites for hydroxylation is 3. The Bertz CT molecular complexity index is 758. The fourth-order valence-corrected chi connectivity index (χ4v) is 2.48. The fraction of sp³-hybridized carbons (Fsp3) is 0.688. The van der Waals surface area contributed by atoms with E-state index in [1.807, 2.05) is 11.5 Å².